The Kier molecular flexibility index (Phi) is 3.00. The van der Waals surface area contributed by atoms with Gasteiger partial charge in [-0.1, -0.05) is 0 Å². The van der Waals surface area contributed by atoms with Gasteiger partial charge in [-0.3, -0.25) is 14.7 Å². The topological polar surface area (TPSA) is 117 Å². The summed E-state index contributed by atoms with van der Waals surface area (Å²) >= 11 is 0. The minimum absolute atomic E-state index is 0.148. The molecule has 0 spiro atoms. The molecular formula is C12H18N6O. The Morgan fingerprint density at radius 2 is 2.37 bits per heavy atom. The average Bonchev–Trinajstić information content (AvgIpc) is 2.97. The number of rotatable bonds is 3. The van der Waals surface area contributed by atoms with Crippen molar-refractivity contribution in [3.8, 4) is 0 Å². The zero-order valence-electron chi connectivity index (χ0n) is 10.6. The van der Waals surface area contributed by atoms with Crippen molar-refractivity contribution < 1.29 is 0 Å². The molecule has 1 aliphatic rings. The molecule has 3 heterocycles. The van der Waals surface area contributed by atoms with E-state index in [0.717, 1.165) is 25.1 Å². The van der Waals surface area contributed by atoms with E-state index < -0.39 is 0 Å². The molecule has 6 N–H and O–H groups in total. The van der Waals surface area contributed by atoms with Crippen molar-refractivity contribution in [2.45, 2.75) is 25.4 Å². The fourth-order valence-electron chi connectivity index (χ4n) is 2.79. The average molecular weight is 262 g/mol. The van der Waals surface area contributed by atoms with E-state index >= 15 is 0 Å². The highest BCUT2D eigenvalue weighted by atomic mass is 16.1. The molecule has 0 radical (unpaired) electrons. The van der Waals surface area contributed by atoms with Crippen LogP contribution in [-0.2, 0) is 6.54 Å². The quantitative estimate of drug-likeness (QED) is 0.609. The maximum atomic E-state index is 11.7. The van der Waals surface area contributed by atoms with Gasteiger partial charge in [-0.2, -0.15) is 0 Å². The van der Waals surface area contributed by atoms with E-state index in [1.54, 1.807) is 0 Å². The number of hydrogen-bond acceptors (Lipinski definition) is 5. The van der Waals surface area contributed by atoms with E-state index in [-0.39, 0.29) is 11.5 Å². The van der Waals surface area contributed by atoms with Crippen LogP contribution in [0.25, 0.3) is 11.0 Å². The van der Waals surface area contributed by atoms with Gasteiger partial charge in [0.2, 0.25) is 5.95 Å². The van der Waals surface area contributed by atoms with Gasteiger partial charge in [0, 0.05) is 30.9 Å². The lowest BCUT2D eigenvalue weighted by molar-refractivity contribution is 0.251. The smallest absolute Gasteiger partial charge is 0.276 e. The Bertz CT molecular complexity index is 645. The van der Waals surface area contributed by atoms with Gasteiger partial charge in [-0.05, 0) is 19.4 Å². The number of aromatic nitrogens is 3. The van der Waals surface area contributed by atoms with Crippen molar-refractivity contribution in [3.05, 3.63) is 22.1 Å². The highest BCUT2D eigenvalue weighted by molar-refractivity contribution is 5.78. The lowest BCUT2D eigenvalue weighted by Gasteiger charge is -2.22. The van der Waals surface area contributed by atoms with Crippen LogP contribution in [0.1, 0.15) is 18.4 Å². The van der Waals surface area contributed by atoms with Crippen molar-refractivity contribution >= 4 is 17.0 Å². The first-order chi connectivity index (χ1) is 9.19. The maximum absolute atomic E-state index is 11.7. The predicted octanol–water partition coefficient (Wildman–Crippen LogP) is -0.244. The molecule has 102 valence electrons. The fourth-order valence-corrected chi connectivity index (χ4v) is 2.79. The number of nitrogen functional groups attached to an aromatic ring is 1. The van der Waals surface area contributed by atoms with Crippen molar-refractivity contribution in [2.75, 3.05) is 18.8 Å². The van der Waals surface area contributed by atoms with Crippen molar-refractivity contribution in [3.63, 3.8) is 0 Å². The number of aromatic amines is 2. The summed E-state index contributed by atoms with van der Waals surface area (Å²) in [6.45, 7) is 2.45. The summed E-state index contributed by atoms with van der Waals surface area (Å²) in [5.41, 5.74) is 13.3. The Hall–Kier alpha value is -1.86. The molecule has 2 aromatic rings. The molecule has 3 rings (SSSR count). The van der Waals surface area contributed by atoms with E-state index in [9.17, 15) is 4.79 Å². The first kappa shape index (κ1) is 12.2. The zero-order chi connectivity index (χ0) is 13.4. The summed E-state index contributed by atoms with van der Waals surface area (Å²) in [4.78, 5) is 23.7. The lowest BCUT2D eigenvalue weighted by atomic mass is 10.2. The van der Waals surface area contributed by atoms with Gasteiger partial charge in [-0.25, -0.2) is 4.98 Å². The molecule has 1 saturated heterocycles. The molecule has 1 atom stereocenters. The Morgan fingerprint density at radius 1 is 1.53 bits per heavy atom. The number of hydrogen-bond donors (Lipinski definition) is 4. The maximum Gasteiger partial charge on any atom is 0.276 e. The molecule has 0 aliphatic carbocycles. The van der Waals surface area contributed by atoms with Crippen LogP contribution in [-0.4, -0.2) is 39.0 Å². The van der Waals surface area contributed by atoms with Gasteiger partial charge < -0.3 is 16.5 Å². The Morgan fingerprint density at radius 3 is 3.16 bits per heavy atom. The third-order valence-electron chi connectivity index (χ3n) is 3.78. The van der Waals surface area contributed by atoms with Crippen molar-refractivity contribution in [1.82, 2.24) is 19.9 Å². The molecule has 1 aliphatic heterocycles. The molecular weight excluding hydrogens is 244 g/mol. The number of fused-ring (bicyclic) bond motifs is 1. The molecule has 0 unspecified atom stereocenters. The molecule has 1 fully saturated rings. The van der Waals surface area contributed by atoms with Gasteiger partial charge >= 0.3 is 0 Å². The number of nitrogens with zero attached hydrogens (tertiary/aromatic N) is 2. The molecule has 19 heavy (non-hydrogen) atoms. The molecule has 0 saturated carbocycles. The van der Waals surface area contributed by atoms with Crippen LogP contribution in [0.15, 0.2) is 11.0 Å². The van der Waals surface area contributed by atoms with Crippen LogP contribution in [0.2, 0.25) is 0 Å². The highest BCUT2D eigenvalue weighted by Crippen LogP contribution is 2.22. The Balaban J connectivity index is 1.95. The molecule has 0 bridgehead atoms. The monoisotopic (exact) mass is 262 g/mol. The lowest BCUT2D eigenvalue weighted by Crippen LogP contribution is -2.34. The predicted molar refractivity (Wildman–Crippen MR) is 73.6 cm³/mol. The summed E-state index contributed by atoms with van der Waals surface area (Å²) in [7, 11) is 0. The second kappa shape index (κ2) is 4.67. The summed E-state index contributed by atoms with van der Waals surface area (Å²) in [5, 5.41) is 0. The largest absolute Gasteiger partial charge is 0.369 e. The standard InChI is InChI=1S/C12H18N6O/c13-4-8-2-1-3-18(8)6-7-5-15-10-9(7)16-12(14)17-11(10)19/h5,8,15H,1-4,6,13H2,(H3,14,16,17,19)/t8-/m0/s1. The van der Waals surface area contributed by atoms with Gasteiger partial charge in [0.1, 0.15) is 11.0 Å². The van der Waals surface area contributed by atoms with E-state index in [4.69, 9.17) is 11.5 Å². The normalized spacial score (nSPS) is 20.4. The van der Waals surface area contributed by atoms with E-state index in [0.29, 0.717) is 23.6 Å². The second-order valence-corrected chi connectivity index (χ2v) is 4.99. The first-order valence-electron chi connectivity index (χ1n) is 6.49. The van der Waals surface area contributed by atoms with E-state index in [1.165, 1.54) is 6.42 Å². The van der Waals surface area contributed by atoms with Crippen LogP contribution < -0.4 is 17.0 Å². The van der Waals surface area contributed by atoms with Crippen molar-refractivity contribution in [2.24, 2.45) is 5.73 Å². The van der Waals surface area contributed by atoms with Crippen LogP contribution in [0.3, 0.4) is 0 Å². The van der Waals surface area contributed by atoms with Gasteiger partial charge in [0.05, 0.1) is 0 Å². The molecule has 2 aromatic heterocycles. The summed E-state index contributed by atoms with van der Waals surface area (Å²) in [6.07, 6.45) is 4.13. The fraction of sp³-hybridized carbons (Fsp3) is 0.500. The number of nitrogens with two attached hydrogens (primary N) is 2. The third kappa shape index (κ3) is 2.11. The highest BCUT2D eigenvalue weighted by Gasteiger charge is 2.24. The Labute approximate surface area is 110 Å². The number of anilines is 1. The zero-order valence-corrected chi connectivity index (χ0v) is 10.6. The van der Waals surface area contributed by atoms with E-state index in [1.807, 2.05) is 6.20 Å². The number of likely N-dealkylation sites (tertiary alicyclic amines) is 1. The molecule has 7 heteroatoms. The van der Waals surface area contributed by atoms with Crippen LogP contribution in [0.4, 0.5) is 5.95 Å². The van der Waals surface area contributed by atoms with Crippen molar-refractivity contribution in [1.29, 1.82) is 0 Å². The van der Waals surface area contributed by atoms with Gasteiger partial charge in [0.15, 0.2) is 0 Å². The third-order valence-corrected chi connectivity index (χ3v) is 3.78. The minimum Gasteiger partial charge on any atom is -0.369 e. The number of H-pyrrole nitrogens is 2. The summed E-state index contributed by atoms with van der Waals surface area (Å²) < 4.78 is 0. The molecule has 7 nitrogen and oxygen atoms in total. The first-order valence-corrected chi connectivity index (χ1v) is 6.49. The van der Waals surface area contributed by atoms with E-state index in [2.05, 4.69) is 19.9 Å². The summed E-state index contributed by atoms with van der Waals surface area (Å²) in [6, 6.07) is 0.421. The molecule has 0 aromatic carbocycles. The van der Waals surface area contributed by atoms with Gasteiger partial charge in [0.25, 0.3) is 5.56 Å². The SMILES string of the molecule is NC[C@@H]1CCCN1Cc1c[nH]c2c(=O)[nH]c(N)nc12. The number of nitrogens with one attached hydrogen (secondary N) is 2. The minimum atomic E-state index is -0.231. The van der Waals surface area contributed by atoms with Crippen LogP contribution >= 0.6 is 0 Å². The second-order valence-electron chi connectivity index (χ2n) is 4.99. The van der Waals surface area contributed by atoms with Crippen LogP contribution in [0, 0.1) is 0 Å². The molecule has 0 amide bonds. The summed E-state index contributed by atoms with van der Waals surface area (Å²) in [5.74, 6) is 0.148. The van der Waals surface area contributed by atoms with Crippen LogP contribution in [0.5, 0.6) is 0 Å². The van der Waals surface area contributed by atoms with Gasteiger partial charge in [-0.15, -0.1) is 0 Å².